The predicted molar refractivity (Wildman–Crippen MR) is 121 cm³/mol. The van der Waals surface area contributed by atoms with Gasteiger partial charge in [0, 0.05) is 54.3 Å². The first-order valence-electron chi connectivity index (χ1n) is 10.3. The maximum absolute atomic E-state index is 13.4. The van der Waals surface area contributed by atoms with E-state index in [2.05, 4.69) is 0 Å². The Balaban J connectivity index is 1.90. The van der Waals surface area contributed by atoms with Crippen LogP contribution >= 0.6 is 11.6 Å². The first-order valence-corrected chi connectivity index (χ1v) is 10.6. The van der Waals surface area contributed by atoms with Gasteiger partial charge >= 0.3 is 0 Å². The van der Waals surface area contributed by atoms with Gasteiger partial charge in [0.1, 0.15) is 0 Å². The number of allylic oxidation sites excluding steroid dienone is 2. The molecule has 1 aliphatic heterocycles. The highest BCUT2D eigenvalue weighted by atomic mass is 35.5. The Bertz CT molecular complexity index is 1250. The summed E-state index contributed by atoms with van der Waals surface area (Å²) in [7, 11) is 0. The molecule has 0 aromatic heterocycles. The summed E-state index contributed by atoms with van der Waals surface area (Å²) in [4.78, 5) is 49.4. The molecule has 0 N–H and O–H groups in total. The van der Waals surface area contributed by atoms with Gasteiger partial charge in [0.05, 0.1) is 20.6 Å². The standard InChI is InChI=1S/C23H20ClN3O6/c1-23(2)11-19-22(20(28)12-23)16(13-4-3-5-14(8-13)26(30)31)10-21(29)25(19)18-7-6-15(27(32)33)9-17(18)24/h3-9,16H,10-12H2,1-2H3. The maximum atomic E-state index is 13.4. The third kappa shape index (κ3) is 4.11. The Morgan fingerprint density at radius 1 is 1.00 bits per heavy atom. The number of hydrogen-bond donors (Lipinski definition) is 0. The molecule has 1 amide bonds. The number of rotatable bonds is 4. The molecule has 1 heterocycles. The quantitative estimate of drug-likeness (QED) is 0.441. The van der Waals surface area contributed by atoms with Crippen molar-refractivity contribution < 1.29 is 19.4 Å². The number of ketones is 1. The van der Waals surface area contributed by atoms with Crippen molar-refractivity contribution >= 4 is 40.4 Å². The molecule has 4 rings (SSSR count). The van der Waals surface area contributed by atoms with Gasteiger partial charge in [-0.25, -0.2) is 0 Å². The monoisotopic (exact) mass is 469 g/mol. The summed E-state index contributed by atoms with van der Waals surface area (Å²) in [6.45, 7) is 3.84. The molecule has 9 nitrogen and oxygen atoms in total. The lowest BCUT2D eigenvalue weighted by molar-refractivity contribution is -0.385. The first-order chi connectivity index (χ1) is 15.5. The number of hydrogen-bond acceptors (Lipinski definition) is 6. The molecular formula is C23H20ClN3O6. The van der Waals surface area contributed by atoms with Gasteiger partial charge in [0.2, 0.25) is 5.91 Å². The molecule has 1 atom stereocenters. The van der Waals surface area contributed by atoms with Crippen molar-refractivity contribution in [1.82, 2.24) is 0 Å². The van der Waals surface area contributed by atoms with Gasteiger partial charge in [-0.1, -0.05) is 37.6 Å². The number of amides is 1. The van der Waals surface area contributed by atoms with Crippen LogP contribution in [0.1, 0.15) is 44.6 Å². The van der Waals surface area contributed by atoms with Crippen LogP contribution in [-0.4, -0.2) is 21.5 Å². The van der Waals surface area contributed by atoms with Crippen molar-refractivity contribution in [3.8, 4) is 0 Å². The molecule has 0 saturated heterocycles. The first kappa shape index (κ1) is 22.6. The number of carbonyl (C=O) groups excluding carboxylic acids is 2. The van der Waals surface area contributed by atoms with E-state index in [0.29, 0.717) is 23.3 Å². The fourth-order valence-corrected chi connectivity index (χ4v) is 4.88. The summed E-state index contributed by atoms with van der Waals surface area (Å²) in [5.74, 6) is -1.09. The smallest absolute Gasteiger partial charge is 0.271 e. The molecule has 1 unspecified atom stereocenters. The second-order valence-electron chi connectivity index (χ2n) is 9.03. The third-order valence-electron chi connectivity index (χ3n) is 6.01. The molecule has 0 bridgehead atoms. The van der Waals surface area contributed by atoms with E-state index in [-0.39, 0.29) is 46.6 Å². The Labute approximate surface area is 193 Å². The fourth-order valence-electron chi connectivity index (χ4n) is 4.63. The zero-order chi connectivity index (χ0) is 24.1. The third-order valence-corrected chi connectivity index (χ3v) is 6.31. The molecule has 33 heavy (non-hydrogen) atoms. The summed E-state index contributed by atoms with van der Waals surface area (Å²) < 4.78 is 0. The van der Waals surface area contributed by atoms with E-state index < -0.39 is 21.2 Å². The highest BCUT2D eigenvalue weighted by Gasteiger charge is 2.45. The zero-order valence-electron chi connectivity index (χ0n) is 17.9. The molecule has 0 spiro atoms. The second kappa shape index (κ2) is 8.08. The lowest BCUT2D eigenvalue weighted by Crippen LogP contribution is -2.43. The minimum Gasteiger partial charge on any atom is -0.294 e. The highest BCUT2D eigenvalue weighted by molar-refractivity contribution is 6.34. The van der Waals surface area contributed by atoms with Crippen LogP contribution in [0.5, 0.6) is 0 Å². The molecular weight excluding hydrogens is 450 g/mol. The van der Waals surface area contributed by atoms with Gasteiger partial charge < -0.3 is 0 Å². The minimum atomic E-state index is -0.621. The summed E-state index contributed by atoms with van der Waals surface area (Å²) >= 11 is 6.34. The number of Topliss-reactive ketones (excluding diaryl/α,β-unsaturated/α-hetero) is 1. The van der Waals surface area contributed by atoms with Crippen LogP contribution in [0.4, 0.5) is 17.1 Å². The molecule has 1 aliphatic carbocycles. The molecule has 2 aromatic carbocycles. The van der Waals surface area contributed by atoms with Crippen LogP contribution in [0.25, 0.3) is 0 Å². The summed E-state index contributed by atoms with van der Waals surface area (Å²) in [5, 5.41) is 22.4. The molecule has 2 aromatic rings. The van der Waals surface area contributed by atoms with Crippen LogP contribution in [0.2, 0.25) is 5.02 Å². The number of nitro benzene ring substituents is 2. The van der Waals surface area contributed by atoms with E-state index in [1.807, 2.05) is 13.8 Å². The van der Waals surface area contributed by atoms with Crippen LogP contribution in [0, 0.1) is 25.6 Å². The Morgan fingerprint density at radius 3 is 2.30 bits per heavy atom. The van der Waals surface area contributed by atoms with E-state index in [4.69, 9.17) is 11.6 Å². The number of anilines is 1. The molecule has 10 heteroatoms. The van der Waals surface area contributed by atoms with Crippen molar-refractivity contribution in [2.75, 3.05) is 4.90 Å². The van der Waals surface area contributed by atoms with E-state index in [1.165, 1.54) is 41.3 Å². The van der Waals surface area contributed by atoms with Crippen LogP contribution < -0.4 is 4.90 Å². The van der Waals surface area contributed by atoms with E-state index in [9.17, 15) is 29.8 Å². The predicted octanol–water partition coefficient (Wildman–Crippen LogP) is 5.32. The lowest BCUT2D eigenvalue weighted by atomic mass is 9.69. The number of halogens is 1. The van der Waals surface area contributed by atoms with Crippen molar-refractivity contribution in [2.45, 2.75) is 39.0 Å². The summed E-state index contributed by atoms with van der Waals surface area (Å²) in [6.07, 6.45) is 0.589. The van der Waals surface area contributed by atoms with Crippen LogP contribution in [0.15, 0.2) is 53.7 Å². The summed E-state index contributed by atoms with van der Waals surface area (Å²) in [6, 6.07) is 9.81. The van der Waals surface area contributed by atoms with Crippen molar-refractivity contribution in [3.63, 3.8) is 0 Å². The minimum absolute atomic E-state index is 0.0222. The van der Waals surface area contributed by atoms with E-state index in [0.717, 1.165) is 0 Å². The normalized spacial score (nSPS) is 20.0. The molecule has 170 valence electrons. The Kier molecular flexibility index (Phi) is 5.53. The number of nitrogens with zero attached hydrogens (tertiary/aromatic N) is 3. The Hall–Kier alpha value is -3.59. The molecule has 2 aliphatic rings. The fraction of sp³-hybridized carbons (Fsp3) is 0.304. The van der Waals surface area contributed by atoms with Crippen molar-refractivity contribution in [3.05, 3.63) is 84.5 Å². The largest absolute Gasteiger partial charge is 0.294 e. The van der Waals surface area contributed by atoms with Gasteiger partial charge in [-0.15, -0.1) is 0 Å². The zero-order valence-corrected chi connectivity index (χ0v) is 18.7. The SMILES string of the molecule is CC1(C)CC(=O)C2=C(C1)N(c1ccc([N+](=O)[O-])cc1Cl)C(=O)CC2c1cccc([N+](=O)[O-])c1. The average Bonchev–Trinajstić information content (AvgIpc) is 2.72. The molecule has 0 fully saturated rings. The van der Waals surface area contributed by atoms with Gasteiger partial charge in [0.25, 0.3) is 11.4 Å². The van der Waals surface area contributed by atoms with Crippen molar-refractivity contribution in [2.24, 2.45) is 5.41 Å². The second-order valence-corrected chi connectivity index (χ2v) is 9.44. The number of nitro groups is 2. The number of non-ortho nitro benzene ring substituents is 2. The van der Waals surface area contributed by atoms with Gasteiger partial charge in [-0.3, -0.25) is 34.7 Å². The van der Waals surface area contributed by atoms with Gasteiger partial charge in [-0.05, 0) is 23.5 Å². The highest BCUT2D eigenvalue weighted by Crippen LogP contribution is 2.49. The van der Waals surface area contributed by atoms with Crippen LogP contribution in [-0.2, 0) is 9.59 Å². The number of carbonyl (C=O) groups is 2. The van der Waals surface area contributed by atoms with E-state index in [1.54, 1.807) is 6.07 Å². The van der Waals surface area contributed by atoms with E-state index >= 15 is 0 Å². The maximum Gasteiger partial charge on any atom is 0.271 e. The molecule has 0 radical (unpaired) electrons. The Morgan fingerprint density at radius 2 is 1.67 bits per heavy atom. The van der Waals surface area contributed by atoms with Gasteiger partial charge in [-0.2, -0.15) is 0 Å². The van der Waals surface area contributed by atoms with Crippen molar-refractivity contribution in [1.29, 1.82) is 0 Å². The molecule has 0 saturated carbocycles. The average molecular weight is 470 g/mol. The lowest BCUT2D eigenvalue weighted by Gasteiger charge is -2.43. The number of benzene rings is 2. The van der Waals surface area contributed by atoms with Crippen LogP contribution in [0.3, 0.4) is 0 Å². The summed E-state index contributed by atoms with van der Waals surface area (Å²) in [5.41, 5.74) is 0.953. The topological polar surface area (TPSA) is 124 Å². The van der Waals surface area contributed by atoms with Gasteiger partial charge in [0.15, 0.2) is 5.78 Å².